The maximum absolute atomic E-state index is 11.9. The summed E-state index contributed by atoms with van der Waals surface area (Å²) in [5.41, 5.74) is 3.58. The van der Waals surface area contributed by atoms with Crippen molar-refractivity contribution in [3.8, 4) is 11.1 Å². The molecule has 6 heteroatoms. The monoisotopic (exact) mass is 366 g/mol. The Morgan fingerprint density at radius 3 is 2.69 bits per heavy atom. The van der Waals surface area contributed by atoms with Crippen LogP contribution in [0.1, 0.15) is 29.7 Å². The maximum atomic E-state index is 11.9. The number of hydrogen-bond acceptors (Lipinski definition) is 5. The van der Waals surface area contributed by atoms with Gasteiger partial charge in [0.15, 0.2) is 0 Å². The number of nitrogens with zero attached hydrogens (tertiary/aromatic N) is 2. The molecule has 1 amide bonds. The van der Waals surface area contributed by atoms with E-state index in [1.807, 2.05) is 0 Å². The van der Waals surface area contributed by atoms with E-state index in [1.54, 1.807) is 17.7 Å². The number of hydrogen-bond donors (Lipinski definition) is 2. The molecular formula is C20H22N4OS. The van der Waals surface area contributed by atoms with Gasteiger partial charge in [-0.15, -0.1) is 11.3 Å². The predicted molar refractivity (Wildman–Crippen MR) is 107 cm³/mol. The van der Waals surface area contributed by atoms with Gasteiger partial charge in [0.05, 0.1) is 5.39 Å². The third kappa shape index (κ3) is 3.55. The zero-order chi connectivity index (χ0) is 18.1. The average Bonchev–Trinajstić information content (AvgIpc) is 3.36. The molecule has 134 valence electrons. The van der Waals surface area contributed by atoms with E-state index in [-0.39, 0.29) is 5.91 Å². The number of nitrogens with one attached hydrogen (secondary N) is 2. The Morgan fingerprint density at radius 2 is 1.96 bits per heavy atom. The number of rotatable bonds is 6. The number of anilines is 1. The molecule has 0 aliphatic heterocycles. The van der Waals surface area contributed by atoms with Crippen LogP contribution in [0.5, 0.6) is 0 Å². The second kappa shape index (κ2) is 7.03. The number of fused-ring (bicyclic) bond motifs is 1. The predicted octanol–water partition coefficient (Wildman–Crippen LogP) is 4.06. The van der Waals surface area contributed by atoms with Gasteiger partial charge in [-0.1, -0.05) is 29.8 Å². The Labute approximate surface area is 156 Å². The normalized spacial score (nSPS) is 13.8. The molecule has 1 saturated carbocycles. The summed E-state index contributed by atoms with van der Waals surface area (Å²) in [6.45, 7) is 4.77. The van der Waals surface area contributed by atoms with Crippen LogP contribution in [0.2, 0.25) is 0 Å². The van der Waals surface area contributed by atoms with Gasteiger partial charge in [0, 0.05) is 29.4 Å². The van der Waals surface area contributed by atoms with Crippen molar-refractivity contribution < 1.29 is 4.79 Å². The van der Waals surface area contributed by atoms with E-state index in [9.17, 15) is 4.79 Å². The summed E-state index contributed by atoms with van der Waals surface area (Å²) in [5, 5.41) is 7.40. The molecule has 4 rings (SSSR count). The number of thiophene rings is 1. The first-order valence-electron chi connectivity index (χ1n) is 8.96. The average molecular weight is 366 g/mol. The minimum Gasteiger partial charge on any atom is -0.369 e. The van der Waals surface area contributed by atoms with Crippen LogP contribution in [0.25, 0.3) is 21.3 Å². The van der Waals surface area contributed by atoms with E-state index in [1.165, 1.54) is 21.6 Å². The van der Waals surface area contributed by atoms with Crippen LogP contribution in [0, 0.1) is 13.8 Å². The van der Waals surface area contributed by atoms with Crippen molar-refractivity contribution in [3.63, 3.8) is 0 Å². The zero-order valence-corrected chi connectivity index (χ0v) is 15.8. The van der Waals surface area contributed by atoms with Gasteiger partial charge < -0.3 is 10.6 Å². The topological polar surface area (TPSA) is 66.9 Å². The van der Waals surface area contributed by atoms with Crippen LogP contribution in [-0.2, 0) is 4.79 Å². The molecule has 2 aromatic heterocycles. The first kappa shape index (κ1) is 17.0. The summed E-state index contributed by atoms with van der Waals surface area (Å²) in [4.78, 5) is 23.0. The molecule has 0 spiro atoms. The molecule has 26 heavy (non-hydrogen) atoms. The lowest BCUT2D eigenvalue weighted by molar-refractivity contribution is -0.120. The van der Waals surface area contributed by atoms with Crippen LogP contribution in [0.3, 0.4) is 0 Å². The Hall–Kier alpha value is -2.47. The molecule has 1 aliphatic carbocycles. The number of aromatic nitrogens is 2. The Kier molecular flexibility index (Phi) is 4.59. The molecule has 0 saturated heterocycles. The van der Waals surface area contributed by atoms with Crippen molar-refractivity contribution in [1.29, 1.82) is 0 Å². The molecule has 2 N–H and O–H groups in total. The van der Waals surface area contributed by atoms with Crippen LogP contribution < -0.4 is 10.6 Å². The molecule has 0 bridgehead atoms. The fourth-order valence-electron chi connectivity index (χ4n) is 3.07. The lowest BCUT2D eigenvalue weighted by atomic mass is 10.0. The van der Waals surface area contributed by atoms with E-state index >= 15 is 0 Å². The fourth-order valence-corrected chi connectivity index (χ4v) is 4.08. The molecule has 0 unspecified atom stereocenters. The number of carbonyl (C=O) groups is 1. The first-order valence-corrected chi connectivity index (χ1v) is 9.78. The number of carbonyl (C=O) groups excluding carboxylic acids is 1. The maximum Gasteiger partial charge on any atom is 0.221 e. The van der Waals surface area contributed by atoms with Gasteiger partial charge in [-0.2, -0.15) is 0 Å². The highest BCUT2D eigenvalue weighted by Gasteiger charge is 2.23. The molecular weight excluding hydrogens is 344 g/mol. The molecule has 3 aromatic rings. The highest BCUT2D eigenvalue weighted by atomic mass is 32.1. The summed E-state index contributed by atoms with van der Waals surface area (Å²) in [6.07, 6.45) is 4.26. The zero-order valence-electron chi connectivity index (χ0n) is 15.0. The van der Waals surface area contributed by atoms with Crippen molar-refractivity contribution in [2.45, 2.75) is 39.2 Å². The third-order valence-corrected chi connectivity index (χ3v) is 5.60. The van der Waals surface area contributed by atoms with E-state index < -0.39 is 0 Å². The van der Waals surface area contributed by atoms with Gasteiger partial charge in [0.2, 0.25) is 5.91 Å². The fraction of sp³-hybridized carbons (Fsp3) is 0.350. The van der Waals surface area contributed by atoms with Crippen molar-refractivity contribution in [1.82, 2.24) is 15.3 Å². The third-order valence-electron chi connectivity index (χ3n) is 4.59. The summed E-state index contributed by atoms with van der Waals surface area (Å²) >= 11 is 1.68. The number of aryl methyl sites for hydroxylation is 2. The van der Waals surface area contributed by atoms with E-state index in [0.29, 0.717) is 19.0 Å². The minimum atomic E-state index is 0.102. The van der Waals surface area contributed by atoms with Gasteiger partial charge in [-0.25, -0.2) is 9.97 Å². The highest BCUT2D eigenvalue weighted by Crippen LogP contribution is 2.40. The van der Waals surface area contributed by atoms with Gasteiger partial charge in [0.1, 0.15) is 17.0 Å². The van der Waals surface area contributed by atoms with E-state index in [2.05, 4.69) is 58.7 Å². The van der Waals surface area contributed by atoms with E-state index in [0.717, 1.165) is 28.9 Å². The van der Waals surface area contributed by atoms with Gasteiger partial charge in [0.25, 0.3) is 0 Å². The Balaban J connectivity index is 1.60. The molecule has 1 aliphatic rings. The lowest BCUT2D eigenvalue weighted by Crippen LogP contribution is -2.27. The molecule has 5 nitrogen and oxygen atoms in total. The molecule has 2 heterocycles. The van der Waals surface area contributed by atoms with Crippen molar-refractivity contribution in [2.24, 2.45) is 0 Å². The summed E-state index contributed by atoms with van der Waals surface area (Å²) < 4.78 is 0. The molecule has 0 radical (unpaired) electrons. The second-order valence-corrected chi connectivity index (χ2v) is 8.02. The van der Waals surface area contributed by atoms with Gasteiger partial charge in [-0.3, -0.25) is 4.79 Å². The largest absolute Gasteiger partial charge is 0.369 e. The van der Waals surface area contributed by atoms with Crippen molar-refractivity contribution >= 4 is 33.3 Å². The van der Waals surface area contributed by atoms with Crippen molar-refractivity contribution in [2.75, 3.05) is 11.9 Å². The van der Waals surface area contributed by atoms with Crippen LogP contribution in [-0.4, -0.2) is 28.5 Å². The van der Waals surface area contributed by atoms with Crippen LogP contribution >= 0.6 is 11.3 Å². The summed E-state index contributed by atoms with van der Waals surface area (Å²) in [6, 6.07) is 8.93. The SMILES string of the molecule is Cc1ccc(-c2c(C)sc3ncnc(NCCC(=O)NC4CC4)c23)cc1. The van der Waals surface area contributed by atoms with Gasteiger partial charge in [-0.05, 0) is 32.3 Å². The first-order chi connectivity index (χ1) is 12.6. The van der Waals surface area contributed by atoms with Crippen molar-refractivity contribution in [3.05, 3.63) is 41.0 Å². The highest BCUT2D eigenvalue weighted by molar-refractivity contribution is 7.19. The lowest BCUT2D eigenvalue weighted by Gasteiger charge is -2.09. The summed E-state index contributed by atoms with van der Waals surface area (Å²) in [5.74, 6) is 0.903. The number of amides is 1. The Morgan fingerprint density at radius 1 is 1.19 bits per heavy atom. The smallest absolute Gasteiger partial charge is 0.221 e. The molecule has 1 fully saturated rings. The van der Waals surface area contributed by atoms with Crippen LogP contribution in [0.15, 0.2) is 30.6 Å². The van der Waals surface area contributed by atoms with Crippen LogP contribution in [0.4, 0.5) is 5.82 Å². The van der Waals surface area contributed by atoms with E-state index in [4.69, 9.17) is 0 Å². The standard InChI is InChI=1S/C20H22N4OS/c1-12-3-5-14(6-4-12)17-13(2)26-20-18(17)19(22-11-23-20)21-10-9-16(25)24-15-7-8-15/h3-6,11,15H,7-10H2,1-2H3,(H,24,25)(H,21,22,23). The summed E-state index contributed by atoms with van der Waals surface area (Å²) in [7, 11) is 0. The second-order valence-electron chi connectivity index (χ2n) is 6.82. The molecule has 1 aromatic carbocycles. The quantitative estimate of drug-likeness (QED) is 0.690. The van der Waals surface area contributed by atoms with Gasteiger partial charge >= 0.3 is 0 Å². The number of benzene rings is 1. The Bertz CT molecular complexity index is 944. The molecule has 0 atom stereocenters. The minimum absolute atomic E-state index is 0.102.